The van der Waals surface area contributed by atoms with Crippen molar-refractivity contribution >= 4 is 62.7 Å². The lowest BCUT2D eigenvalue weighted by Crippen LogP contribution is -2.36. The molecule has 1 fully saturated rings. The van der Waals surface area contributed by atoms with Gasteiger partial charge in [0.2, 0.25) is 11.0 Å². The summed E-state index contributed by atoms with van der Waals surface area (Å²) in [6.07, 6.45) is 2.45. The van der Waals surface area contributed by atoms with Gasteiger partial charge in [0.1, 0.15) is 15.9 Å². The minimum atomic E-state index is -0.382. The monoisotopic (exact) mass is 450 g/mol. The maximum Gasteiger partial charge on any atom is 0.266 e. The van der Waals surface area contributed by atoms with Crippen molar-refractivity contribution in [1.29, 1.82) is 0 Å². The van der Waals surface area contributed by atoms with Gasteiger partial charge in [0.15, 0.2) is 11.5 Å². The van der Waals surface area contributed by atoms with E-state index in [4.69, 9.17) is 21.7 Å². The summed E-state index contributed by atoms with van der Waals surface area (Å²) < 4.78 is 10.8. The van der Waals surface area contributed by atoms with Crippen LogP contribution < -0.4 is 14.8 Å². The number of ether oxygens (including phenoxy) is 2. The van der Waals surface area contributed by atoms with Crippen LogP contribution in [0, 0.1) is 0 Å². The van der Waals surface area contributed by atoms with Crippen LogP contribution in [-0.4, -0.2) is 52.0 Å². The fraction of sp³-hybridized carbons (Fsp3) is 0.278. The van der Waals surface area contributed by atoms with Gasteiger partial charge in [0.25, 0.3) is 5.91 Å². The number of hydrogen-bond donors (Lipinski definition) is 1. The second-order valence-corrected chi connectivity index (χ2v) is 8.52. The van der Waals surface area contributed by atoms with Gasteiger partial charge in [0, 0.05) is 0 Å². The molecular weight excluding hydrogens is 432 g/mol. The van der Waals surface area contributed by atoms with E-state index in [1.807, 2.05) is 6.92 Å². The molecule has 3 rings (SSSR count). The molecule has 152 valence electrons. The van der Waals surface area contributed by atoms with Gasteiger partial charge in [-0.1, -0.05) is 48.3 Å². The van der Waals surface area contributed by atoms with Crippen molar-refractivity contribution in [2.24, 2.45) is 0 Å². The van der Waals surface area contributed by atoms with Crippen LogP contribution in [0.2, 0.25) is 0 Å². The molecule has 0 atom stereocenters. The molecule has 0 aliphatic carbocycles. The van der Waals surface area contributed by atoms with E-state index in [2.05, 4.69) is 15.5 Å². The summed E-state index contributed by atoms with van der Waals surface area (Å²) in [7, 11) is 3.10. The molecular formula is C18H18N4O4S3. The zero-order valence-electron chi connectivity index (χ0n) is 15.9. The average molecular weight is 451 g/mol. The Labute approximate surface area is 181 Å². The Bertz CT molecular complexity index is 989. The van der Waals surface area contributed by atoms with Crippen LogP contribution in [-0.2, 0) is 16.0 Å². The van der Waals surface area contributed by atoms with Crippen molar-refractivity contribution in [1.82, 2.24) is 15.1 Å². The van der Waals surface area contributed by atoms with Gasteiger partial charge in [-0.15, -0.1) is 10.2 Å². The molecule has 1 saturated heterocycles. The summed E-state index contributed by atoms with van der Waals surface area (Å²) in [6, 6.07) is 5.33. The maximum absolute atomic E-state index is 12.7. The Morgan fingerprint density at radius 3 is 2.69 bits per heavy atom. The number of hydrogen-bond acceptors (Lipinski definition) is 9. The van der Waals surface area contributed by atoms with Gasteiger partial charge in [-0.05, 0) is 30.2 Å². The third-order valence-electron chi connectivity index (χ3n) is 3.90. The molecule has 0 spiro atoms. The Balaban J connectivity index is 1.70. The number of carbonyl (C=O) groups is 2. The minimum Gasteiger partial charge on any atom is -0.493 e. The Kier molecular flexibility index (Phi) is 6.83. The number of anilines is 1. The fourth-order valence-corrected chi connectivity index (χ4v) is 4.43. The van der Waals surface area contributed by atoms with Gasteiger partial charge >= 0.3 is 0 Å². The summed E-state index contributed by atoms with van der Waals surface area (Å²) >= 11 is 7.73. The molecule has 1 aromatic heterocycles. The van der Waals surface area contributed by atoms with Crippen LogP contribution >= 0.6 is 35.3 Å². The lowest BCUT2D eigenvalue weighted by molar-refractivity contribution is -0.126. The molecule has 8 nitrogen and oxygen atoms in total. The molecule has 1 aromatic carbocycles. The number of methoxy groups -OCH3 is 2. The van der Waals surface area contributed by atoms with Crippen molar-refractivity contribution in [3.8, 4) is 11.5 Å². The van der Waals surface area contributed by atoms with Gasteiger partial charge in [-0.3, -0.25) is 19.8 Å². The zero-order chi connectivity index (χ0) is 21.0. The molecule has 11 heteroatoms. The smallest absolute Gasteiger partial charge is 0.266 e. The standard InChI is InChI=1S/C18H18N4O4S3/c1-4-15-20-21-17(29-15)19-14(23)9-22-16(24)13(28-18(22)27)8-10-5-6-11(25-2)12(7-10)26-3/h5-8H,4,9H2,1-3H3,(H,19,21,23)/b13-8+. The number of rotatable bonds is 7. The van der Waals surface area contributed by atoms with E-state index in [0.29, 0.717) is 25.9 Å². The van der Waals surface area contributed by atoms with Crippen LogP contribution in [0.15, 0.2) is 23.1 Å². The second kappa shape index (κ2) is 9.33. The number of aromatic nitrogens is 2. The van der Waals surface area contributed by atoms with Gasteiger partial charge in [-0.2, -0.15) is 0 Å². The van der Waals surface area contributed by atoms with E-state index >= 15 is 0 Å². The number of carbonyl (C=O) groups excluding carboxylic acids is 2. The first-order chi connectivity index (χ1) is 13.9. The number of nitrogens with zero attached hydrogens (tertiary/aromatic N) is 3. The lowest BCUT2D eigenvalue weighted by atomic mass is 10.2. The molecule has 1 aliphatic heterocycles. The molecule has 2 aromatic rings. The summed E-state index contributed by atoms with van der Waals surface area (Å²) in [4.78, 5) is 26.7. The SMILES string of the molecule is CCc1nnc(NC(=O)CN2C(=O)/C(=C\c3ccc(OC)c(OC)c3)SC2=S)s1. The van der Waals surface area contributed by atoms with E-state index in [1.54, 1.807) is 38.5 Å². The summed E-state index contributed by atoms with van der Waals surface area (Å²) in [5, 5.41) is 11.7. The summed E-state index contributed by atoms with van der Waals surface area (Å²) in [5.74, 6) is 0.445. The number of thiocarbonyl (C=S) groups is 1. The first kappa shape index (κ1) is 21.2. The van der Waals surface area contributed by atoms with Crippen molar-refractivity contribution < 1.29 is 19.1 Å². The minimum absolute atomic E-state index is 0.186. The Morgan fingerprint density at radius 2 is 2.03 bits per heavy atom. The predicted molar refractivity (Wildman–Crippen MR) is 117 cm³/mol. The number of amides is 2. The van der Waals surface area contributed by atoms with Gasteiger partial charge in [-0.25, -0.2) is 0 Å². The van der Waals surface area contributed by atoms with Crippen LogP contribution in [0.3, 0.4) is 0 Å². The molecule has 1 N–H and O–H groups in total. The van der Waals surface area contributed by atoms with Gasteiger partial charge < -0.3 is 9.47 Å². The van der Waals surface area contributed by atoms with E-state index in [9.17, 15) is 9.59 Å². The van der Waals surface area contributed by atoms with Crippen molar-refractivity contribution in [3.63, 3.8) is 0 Å². The fourth-order valence-electron chi connectivity index (χ4n) is 2.48. The van der Waals surface area contributed by atoms with Gasteiger partial charge in [0.05, 0.1) is 19.1 Å². The highest BCUT2D eigenvalue weighted by molar-refractivity contribution is 8.26. The molecule has 2 amide bonds. The third-order valence-corrected chi connectivity index (χ3v) is 6.26. The second-order valence-electron chi connectivity index (χ2n) is 5.78. The lowest BCUT2D eigenvalue weighted by Gasteiger charge is -2.13. The number of aryl methyl sites for hydroxylation is 1. The predicted octanol–water partition coefficient (Wildman–Crippen LogP) is 2.96. The molecule has 29 heavy (non-hydrogen) atoms. The largest absolute Gasteiger partial charge is 0.493 e. The van der Waals surface area contributed by atoms with E-state index in [1.165, 1.54) is 16.2 Å². The number of thioether (sulfide) groups is 1. The Hall–Kier alpha value is -2.50. The van der Waals surface area contributed by atoms with Crippen LogP contribution in [0.4, 0.5) is 5.13 Å². The molecule has 2 heterocycles. The summed E-state index contributed by atoms with van der Waals surface area (Å²) in [6.45, 7) is 1.77. The number of nitrogens with one attached hydrogen (secondary N) is 1. The molecule has 0 bridgehead atoms. The van der Waals surface area contributed by atoms with Crippen LogP contribution in [0.1, 0.15) is 17.5 Å². The highest BCUT2D eigenvalue weighted by Crippen LogP contribution is 2.34. The van der Waals surface area contributed by atoms with Crippen molar-refractivity contribution in [3.05, 3.63) is 33.7 Å². The van der Waals surface area contributed by atoms with Crippen molar-refractivity contribution in [2.45, 2.75) is 13.3 Å². The Morgan fingerprint density at radius 1 is 1.28 bits per heavy atom. The van der Waals surface area contributed by atoms with Crippen LogP contribution in [0.5, 0.6) is 11.5 Å². The normalized spacial score (nSPS) is 15.1. The molecule has 1 aliphatic rings. The average Bonchev–Trinajstić information content (AvgIpc) is 3.27. The van der Waals surface area contributed by atoms with E-state index in [0.717, 1.165) is 28.8 Å². The maximum atomic E-state index is 12.7. The molecule has 0 saturated carbocycles. The summed E-state index contributed by atoms with van der Waals surface area (Å²) in [5.41, 5.74) is 0.758. The first-order valence-electron chi connectivity index (χ1n) is 8.54. The molecule has 0 radical (unpaired) electrons. The van der Waals surface area contributed by atoms with E-state index < -0.39 is 0 Å². The van der Waals surface area contributed by atoms with Crippen molar-refractivity contribution in [2.75, 3.05) is 26.1 Å². The molecule has 0 unspecified atom stereocenters. The first-order valence-corrected chi connectivity index (χ1v) is 10.6. The third kappa shape index (κ3) is 4.92. The highest BCUT2D eigenvalue weighted by atomic mass is 32.2. The zero-order valence-corrected chi connectivity index (χ0v) is 18.4. The quantitative estimate of drug-likeness (QED) is 0.508. The highest BCUT2D eigenvalue weighted by Gasteiger charge is 2.33. The van der Waals surface area contributed by atoms with E-state index in [-0.39, 0.29) is 18.4 Å². The number of benzene rings is 1. The topological polar surface area (TPSA) is 93.7 Å². The van der Waals surface area contributed by atoms with Crippen LogP contribution in [0.25, 0.3) is 6.08 Å².